The third kappa shape index (κ3) is 3.43. The lowest BCUT2D eigenvalue weighted by atomic mass is 9.96. The van der Waals surface area contributed by atoms with Gasteiger partial charge in [0.2, 0.25) is 10.0 Å². The summed E-state index contributed by atoms with van der Waals surface area (Å²) in [5.74, 6) is 1.12. The Bertz CT molecular complexity index is 287. The van der Waals surface area contributed by atoms with Crippen molar-refractivity contribution in [3.05, 3.63) is 0 Å². The summed E-state index contributed by atoms with van der Waals surface area (Å²) in [5.41, 5.74) is 0. The molecule has 0 aliphatic carbocycles. The molecule has 1 heterocycles. The molecule has 1 aliphatic rings. The number of nitrogens with zero attached hydrogens (tertiary/aromatic N) is 1. The smallest absolute Gasteiger partial charge is 0.214 e. The zero-order valence-corrected chi connectivity index (χ0v) is 10.3. The molecule has 0 aromatic carbocycles. The minimum Gasteiger partial charge on any atom is -0.396 e. The van der Waals surface area contributed by atoms with E-state index >= 15 is 0 Å². The highest BCUT2D eigenvalue weighted by atomic mass is 32.2. The maximum absolute atomic E-state index is 11.8. The third-order valence-corrected chi connectivity index (χ3v) is 5.01. The summed E-state index contributed by atoms with van der Waals surface area (Å²) in [7, 11) is -3.12. The van der Waals surface area contributed by atoms with Crippen LogP contribution in [-0.2, 0) is 10.0 Å². The van der Waals surface area contributed by atoms with E-state index in [1.165, 1.54) is 0 Å². The van der Waals surface area contributed by atoms with Crippen LogP contribution in [0.15, 0.2) is 0 Å². The van der Waals surface area contributed by atoms with E-state index in [2.05, 4.69) is 13.8 Å². The fourth-order valence-electron chi connectivity index (χ4n) is 1.93. The molecule has 5 heteroatoms. The van der Waals surface area contributed by atoms with Gasteiger partial charge in [-0.3, -0.25) is 0 Å². The van der Waals surface area contributed by atoms with Crippen molar-refractivity contribution in [3.8, 4) is 0 Å². The molecule has 1 atom stereocenters. The lowest BCUT2D eigenvalue weighted by molar-refractivity contribution is 0.294. The Morgan fingerprint density at radius 3 is 2.60 bits per heavy atom. The molecule has 0 spiro atoms. The van der Waals surface area contributed by atoms with Crippen LogP contribution in [-0.4, -0.2) is 43.3 Å². The molecule has 0 radical (unpaired) electrons. The predicted molar refractivity (Wildman–Crippen MR) is 60.0 cm³/mol. The van der Waals surface area contributed by atoms with Gasteiger partial charge >= 0.3 is 0 Å². The molecule has 0 amide bonds. The Hall–Kier alpha value is -0.130. The van der Waals surface area contributed by atoms with Gasteiger partial charge in [0.25, 0.3) is 0 Å². The quantitative estimate of drug-likeness (QED) is 0.762. The largest absolute Gasteiger partial charge is 0.396 e. The number of aliphatic hydroxyl groups excluding tert-OH is 1. The Morgan fingerprint density at radius 2 is 2.13 bits per heavy atom. The lowest BCUT2D eigenvalue weighted by Crippen LogP contribution is -2.31. The molecule has 1 saturated heterocycles. The molecular weight excluding hydrogens is 214 g/mol. The van der Waals surface area contributed by atoms with Crippen LogP contribution >= 0.6 is 0 Å². The summed E-state index contributed by atoms with van der Waals surface area (Å²) in [6.45, 7) is 5.52. The van der Waals surface area contributed by atoms with Gasteiger partial charge in [0, 0.05) is 19.7 Å². The molecule has 1 N–H and O–H groups in total. The second-order valence-electron chi connectivity index (χ2n) is 4.54. The monoisotopic (exact) mass is 235 g/mol. The normalized spacial score (nSPS) is 23.9. The molecule has 0 saturated carbocycles. The van der Waals surface area contributed by atoms with Gasteiger partial charge in [0.1, 0.15) is 0 Å². The SMILES string of the molecule is CC(C)C1CCN(S(=O)(=O)CCCO)C1. The van der Waals surface area contributed by atoms with Crippen molar-refractivity contribution in [2.24, 2.45) is 11.8 Å². The summed E-state index contributed by atoms with van der Waals surface area (Å²) >= 11 is 0. The van der Waals surface area contributed by atoms with Crippen LogP contribution in [0.5, 0.6) is 0 Å². The second-order valence-corrected chi connectivity index (χ2v) is 6.63. The van der Waals surface area contributed by atoms with Crippen molar-refractivity contribution in [3.63, 3.8) is 0 Å². The third-order valence-electron chi connectivity index (χ3n) is 3.08. The van der Waals surface area contributed by atoms with Crippen molar-refractivity contribution >= 4 is 10.0 Å². The summed E-state index contributed by atoms with van der Waals surface area (Å²) in [4.78, 5) is 0. The topological polar surface area (TPSA) is 57.6 Å². The first kappa shape index (κ1) is 12.9. The maximum Gasteiger partial charge on any atom is 0.214 e. The molecule has 0 bridgehead atoms. The van der Waals surface area contributed by atoms with Crippen LogP contribution in [0.25, 0.3) is 0 Å². The molecular formula is C10H21NO3S. The summed E-state index contributed by atoms with van der Waals surface area (Å²) in [6.07, 6.45) is 1.31. The van der Waals surface area contributed by atoms with Gasteiger partial charge < -0.3 is 5.11 Å². The standard InChI is InChI=1S/C10H21NO3S/c1-9(2)10-4-5-11(8-10)15(13,14)7-3-6-12/h9-10,12H,3-8H2,1-2H3. The van der Waals surface area contributed by atoms with Gasteiger partial charge in [-0.25, -0.2) is 12.7 Å². The van der Waals surface area contributed by atoms with Crippen molar-refractivity contribution in [2.75, 3.05) is 25.4 Å². The van der Waals surface area contributed by atoms with E-state index in [1.54, 1.807) is 4.31 Å². The van der Waals surface area contributed by atoms with Crippen molar-refractivity contribution in [1.82, 2.24) is 4.31 Å². The molecule has 1 rings (SSSR count). The van der Waals surface area contributed by atoms with Crippen molar-refractivity contribution in [2.45, 2.75) is 26.7 Å². The zero-order valence-electron chi connectivity index (χ0n) is 9.52. The summed E-state index contributed by atoms with van der Waals surface area (Å²) in [5, 5.41) is 8.63. The maximum atomic E-state index is 11.8. The Kier molecular flexibility index (Phi) is 4.55. The lowest BCUT2D eigenvalue weighted by Gasteiger charge is -2.17. The minimum atomic E-state index is -3.12. The first-order chi connectivity index (χ1) is 6.97. The van der Waals surface area contributed by atoms with E-state index in [0.717, 1.165) is 6.42 Å². The number of sulfonamides is 1. The van der Waals surface area contributed by atoms with Gasteiger partial charge in [0.15, 0.2) is 0 Å². The fraction of sp³-hybridized carbons (Fsp3) is 1.00. The fourth-order valence-corrected chi connectivity index (χ4v) is 3.48. The van der Waals surface area contributed by atoms with Crippen LogP contribution in [0.3, 0.4) is 0 Å². The van der Waals surface area contributed by atoms with E-state index in [1.807, 2.05) is 0 Å². The predicted octanol–water partition coefficient (Wildman–Crippen LogP) is 0.676. The number of hydrogen-bond acceptors (Lipinski definition) is 3. The number of hydrogen-bond donors (Lipinski definition) is 1. The van der Waals surface area contributed by atoms with Gasteiger partial charge in [0.05, 0.1) is 5.75 Å². The number of rotatable bonds is 5. The molecule has 1 aliphatic heterocycles. The Balaban J connectivity index is 2.52. The molecule has 0 aromatic heterocycles. The van der Waals surface area contributed by atoms with Crippen molar-refractivity contribution in [1.29, 1.82) is 0 Å². The van der Waals surface area contributed by atoms with Gasteiger partial charge in [-0.2, -0.15) is 0 Å². The minimum absolute atomic E-state index is 0.0549. The molecule has 0 aromatic rings. The molecule has 1 fully saturated rings. The highest BCUT2D eigenvalue weighted by Gasteiger charge is 2.31. The van der Waals surface area contributed by atoms with Gasteiger partial charge in [-0.05, 0) is 24.7 Å². The summed E-state index contributed by atoms with van der Waals surface area (Å²) in [6, 6.07) is 0. The van der Waals surface area contributed by atoms with Crippen LogP contribution < -0.4 is 0 Å². The number of aliphatic hydroxyl groups is 1. The van der Waals surface area contributed by atoms with Gasteiger partial charge in [-0.15, -0.1) is 0 Å². The van der Waals surface area contributed by atoms with E-state index in [0.29, 0.717) is 31.3 Å². The van der Waals surface area contributed by atoms with E-state index < -0.39 is 10.0 Å². The average Bonchev–Trinajstić information content (AvgIpc) is 2.64. The van der Waals surface area contributed by atoms with Crippen molar-refractivity contribution < 1.29 is 13.5 Å². The van der Waals surface area contributed by atoms with Crippen LogP contribution in [0.1, 0.15) is 26.7 Å². The zero-order chi connectivity index (χ0) is 11.5. The highest BCUT2D eigenvalue weighted by Crippen LogP contribution is 2.25. The van der Waals surface area contributed by atoms with E-state index in [-0.39, 0.29) is 12.4 Å². The Morgan fingerprint density at radius 1 is 1.47 bits per heavy atom. The molecule has 1 unspecified atom stereocenters. The summed E-state index contributed by atoms with van der Waals surface area (Å²) < 4.78 is 25.1. The average molecular weight is 235 g/mol. The first-order valence-corrected chi connectivity index (χ1v) is 7.17. The highest BCUT2D eigenvalue weighted by molar-refractivity contribution is 7.89. The van der Waals surface area contributed by atoms with Crippen LogP contribution in [0.4, 0.5) is 0 Å². The molecule has 15 heavy (non-hydrogen) atoms. The van der Waals surface area contributed by atoms with E-state index in [9.17, 15) is 8.42 Å². The molecule has 90 valence electrons. The second kappa shape index (κ2) is 5.27. The van der Waals surface area contributed by atoms with Crippen LogP contribution in [0, 0.1) is 11.8 Å². The van der Waals surface area contributed by atoms with Crippen LogP contribution in [0.2, 0.25) is 0 Å². The van der Waals surface area contributed by atoms with Gasteiger partial charge in [-0.1, -0.05) is 13.8 Å². The molecule has 4 nitrogen and oxygen atoms in total. The van der Waals surface area contributed by atoms with E-state index in [4.69, 9.17) is 5.11 Å². The Labute approximate surface area is 92.3 Å². The first-order valence-electron chi connectivity index (χ1n) is 5.56.